The number of likely N-dealkylation sites (tertiary alicyclic amines) is 1. The molecule has 1 fully saturated rings. The summed E-state index contributed by atoms with van der Waals surface area (Å²) in [6, 6.07) is 1.98. The molecule has 1 aliphatic rings. The van der Waals surface area contributed by atoms with Gasteiger partial charge in [0.1, 0.15) is 5.92 Å². The first-order valence-corrected chi connectivity index (χ1v) is 4.74. The van der Waals surface area contributed by atoms with Crippen LogP contribution in [0.2, 0.25) is 0 Å². The second kappa shape index (κ2) is 3.78. The highest BCUT2D eigenvalue weighted by molar-refractivity contribution is 5.81. The van der Waals surface area contributed by atoms with E-state index in [0.29, 0.717) is 11.8 Å². The van der Waals surface area contributed by atoms with Crippen LogP contribution in [0.3, 0.4) is 0 Å². The number of carbonyl (C=O) groups is 1. The zero-order chi connectivity index (χ0) is 10.0. The van der Waals surface area contributed by atoms with Gasteiger partial charge in [-0.05, 0) is 18.8 Å². The summed E-state index contributed by atoms with van der Waals surface area (Å²) in [6.07, 6.45) is 0. The molecule has 1 rings (SSSR count). The number of rotatable bonds is 1. The van der Waals surface area contributed by atoms with Crippen LogP contribution < -0.4 is 0 Å². The molecule has 0 aliphatic carbocycles. The van der Waals surface area contributed by atoms with Gasteiger partial charge in [-0.1, -0.05) is 13.8 Å². The van der Waals surface area contributed by atoms with Crippen LogP contribution in [0.25, 0.3) is 0 Å². The van der Waals surface area contributed by atoms with Gasteiger partial charge in [0.15, 0.2) is 0 Å². The fraction of sp³-hybridized carbons (Fsp3) is 0.800. The second-order valence-corrected chi connectivity index (χ2v) is 4.05. The summed E-state index contributed by atoms with van der Waals surface area (Å²) in [4.78, 5) is 13.4. The van der Waals surface area contributed by atoms with E-state index in [0.717, 1.165) is 13.1 Å². The van der Waals surface area contributed by atoms with Crippen LogP contribution in [0.4, 0.5) is 0 Å². The summed E-state index contributed by atoms with van der Waals surface area (Å²) < 4.78 is 0. The topological polar surface area (TPSA) is 44.1 Å². The second-order valence-electron chi connectivity index (χ2n) is 4.05. The third-order valence-electron chi connectivity index (χ3n) is 2.86. The standard InChI is InChI=1S/C10H16N2O/c1-7(4-11)10(13)12-5-8(2)9(3)6-12/h7-9H,5-6H2,1-3H3. The van der Waals surface area contributed by atoms with Crippen LogP contribution in [0.15, 0.2) is 0 Å². The van der Waals surface area contributed by atoms with Gasteiger partial charge in [-0.15, -0.1) is 0 Å². The molecule has 3 unspecified atom stereocenters. The molecule has 1 saturated heterocycles. The summed E-state index contributed by atoms with van der Waals surface area (Å²) in [7, 11) is 0. The van der Waals surface area contributed by atoms with Gasteiger partial charge in [0, 0.05) is 13.1 Å². The zero-order valence-corrected chi connectivity index (χ0v) is 8.45. The number of amides is 1. The van der Waals surface area contributed by atoms with Crippen LogP contribution in [-0.4, -0.2) is 23.9 Å². The first-order valence-electron chi connectivity index (χ1n) is 4.74. The zero-order valence-electron chi connectivity index (χ0n) is 8.45. The van der Waals surface area contributed by atoms with Gasteiger partial charge < -0.3 is 4.90 Å². The van der Waals surface area contributed by atoms with E-state index < -0.39 is 5.92 Å². The summed E-state index contributed by atoms with van der Waals surface area (Å²) in [5, 5.41) is 8.60. The van der Waals surface area contributed by atoms with Crippen LogP contribution >= 0.6 is 0 Å². The summed E-state index contributed by atoms with van der Waals surface area (Å²) in [6.45, 7) is 7.58. The number of hydrogen-bond acceptors (Lipinski definition) is 2. The Bertz CT molecular complexity index is 234. The number of nitrogens with zero attached hydrogens (tertiary/aromatic N) is 2. The minimum Gasteiger partial charge on any atom is -0.341 e. The molecular formula is C10H16N2O. The maximum Gasteiger partial charge on any atom is 0.239 e. The van der Waals surface area contributed by atoms with Gasteiger partial charge in [0.25, 0.3) is 0 Å². The molecule has 0 N–H and O–H groups in total. The molecule has 3 atom stereocenters. The fourth-order valence-corrected chi connectivity index (χ4v) is 1.64. The largest absolute Gasteiger partial charge is 0.341 e. The van der Waals surface area contributed by atoms with Crippen molar-refractivity contribution in [1.82, 2.24) is 4.90 Å². The van der Waals surface area contributed by atoms with E-state index in [1.807, 2.05) is 11.0 Å². The van der Waals surface area contributed by atoms with Crippen molar-refractivity contribution in [2.45, 2.75) is 20.8 Å². The molecule has 0 aromatic carbocycles. The lowest BCUT2D eigenvalue weighted by atomic mass is 10.0. The lowest BCUT2D eigenvalue weighted by Crippen LogP contribution is -2.32. The molecule has 3 heteroatoms. The van der Waals surface area contributed by atoms with Crippen molar-refractivity contribution in [3.05, 3.63) is 0 Å². The van der Waals surface area contributed by atoms with Gasteiger partial charge in [0.2, 0.25) is 5.91 Å². The van der Waals surface area contributed by atoms with Crippen LogP contribution in [0.1, 0.15) is 20.8 Å². The van der Waals surface area contributed by atoms with E-state index in [4.69, 9.17) is 5.26 Å². The Labute approximate surface area is 79.3 Å². The van der Waals surface area contributed by atoms with Crippen molar-refractivity contribution in [3.63, 3.8) is 0 Å². The third-order valence-corrected chi connectivity index (χ3v) is 2.86. The molecule has 1 amide bonds. The Morgan fingerprint density at radius 3 is 2.31 bits per heavy atom. The van der Waals surface area contributed by atoms with E-state index in [1.165, 1.54) is 0 Å². The molecule has 0 aromatic rings. The maximum absolute atomic E-state index is 11.6. The Balaban J connectivity index is 2.57. The highest BCUT2D eigenvalue weighted by Gasteiger charge is 2.31. The Kier molecular flexibility index (Phi) is 2.92. The molecule has 1 aliphatic heterocycles. The molecule has 0 bridgehead atoms. The maximum atomic E-state index is 11.6. The lowest BCUT2D eigenvalue weighted by molar-refractivity contribution is -0.132. The minimum absolute atomic E-state index is 0.0151. The van der Waals surface area contributed by atoms with E-state index in [2.05, 4.69) is 13.8 Å². The Morgan fingerprint density at radius 1 is 1.46 bits per heavy atom. The van der Waals surface area contributed by atoms with E-state index in [-0.39, 0.29) is 5.91 Å². The molecular weight excluding hydrogens is 164 g/mol. The summed E-state index contributed by atoms with van der Waals surface area (Å²) >= 11 is 0. The molecule has 0 spiro atoms. The summed E-state index contributed by atoms with van der Waals surface area (Å²) in [5.74, 6) is 0.626. The van der Waals surface area contributed by atoms with E-state index in [9.17, 15) is 4.79 Å². The van der Waals surface area contributed by atoms with Gasteiger partial charge in [-0.3, -0.25) is 4.79 Å². The summed E-state index contributed by atoms with van der Waals surface area (Å²) in [5.41, 5.74) is 0. The van der Waals surface area contributed by atoms with Crippen molar-refractivity contribution >= 4 is 5.91 Å². The SMILES string of the molecule is CC(C#N)C(=O)N1CC(C)C(C)C1. The van der Waals surface area contributed by atoms with Crippen LogP contribution in [0, 0.1) is 29.1 Å². The molecule has 0 radical (unpaired) electrons. The molecule has 72 valence electrons. The average Bonchev–Trinajstić information content (AvgIpc) is 2.44. The predicted octanol–water partition coefficient (Wildman–Crippen LogP) is 1.26. The Hall–Kier alpha value is -1.04. The first kappa shape index (κ1) is 10.0. The average molecular weight is 180 g/mol. The molecule has 0 saturated carbocycles. The molecule has 3 nitrogen and oxygen atoms in total. The van der Waals surface area contributed by atoms with E-state index in [1.54, 1.807) is 6.92 Å². The van der Waals surface area contributed by atoms with E-state index >= 15 is 0 Å². The van der Waals surface area contributed by atoms with Crippen molar-refractivity contribution in [1.29, 1.82) is 5.26 Å². The number of carbonyl (C=O) groups excluding carboxylic acids is 1. The van der Waals surface area contributed by atoms with Crippen LogP contribution in [0.5, 0.6) is 0 Å². The number of hydrogen-bond donors (Lipinski definition) is 0. The molecule has 1 heterocycles. The van der Waals surface area contributed by atoms with Gasteiger partial charge >= 0.3 is 0 Å². The highest BCUT2D eigenvalue weighted by atomic mass is 16.2. The smallest absolute Gasteiger partial charge is 0.239 e. The fourth-order valence-electron chi connectivity index (χ4n) is 1.64. The van der Waals surface area contributed by atoms with Gasteiger partial charge in [-0.25, -0.2) is 0 Å². The van der Waals surface area contributed by atoms with Gasteiger partial charge in [0.05, 0.1) is 6.07 Å². The normalized spacial score (nSPS) is 29.8. The van der Waals surface area contributed by atoms with Crippen molar-refractivity contribution in [3.8, 4) is 6.07 Å². The third kappa shape index (κ3) is 2.00. The van der Waals surface area contributed by atoms with Crippen molar-refractivity contribution in [2.24, 2.45) is 17.8 Å². The quantitative estimate of drug-likeness (QED) is 0.609. The van der Waals surface area contributed by atoms with Crippen molar-refractivity contribution < 1.29 is 4.79 Å². The first-order chi connectivity index (χ1) is 6.06. The Morgan fingerprint density at radius 2 is 1.92 bits per heavy atom. The predicted molar refractivity (Wildman–Crippen MR) is 49.7 cm³/mol. The number of nitriles is 1. The minimum atomic E-state index is -0.488. The molecule has 0 aromatic heterocycles. The lowest BCUT2D eigenvalue weighted by Gasteiger charge is -2.16. The monoisotopic (exact) mass is 180 g/mol. The highest BCUT2D eigenvalue weighted by Crippen LogP contribution is 2.23. The van der Waals surface area contributed by atoms with Gasteiger partial charge in [-0.2, -0.15) is 5.26 Å². The van der Waals surface area contributed by atoms with Crippen LogP contribution in [-0.2, 0) is 4.79 Å². The van der Waals surface area contributed by atoms with Crippen molar-refractivity contribution in [2.75, 3.05) is 13.1 Å². The molecule has 13 heavy (non-hydrogen) atoms.